The average Bonchev–Trinajstić information content (AvgIpc) is 2.97. The highest BCUT2D eigenvalue weighted by Gasteiger charge is 2.42. The number of hydrogen-bond acceptors (Lipinski definition) is 2. The summed E-state index contributed by atoms with van der Waals surface area (Å²) in [5.41, 5.74) is 1.68. The van der Waals surface area contributed by atoms with Gasteiger partial charge in [0.15, 0.2) is 0 Å². The molecule has 0 unspecified atom stereocenters. The van der Waals surface area contributed by atoms with Gasteiger partial charge in [-0.1, -0.05) is 20.8 Å². The molecule has 0 radical (unpaired) electrons. The van der Waals surface area contributed by atoms with Gasteiger partial charge in [-0.25, -0.2) is 0 Å². The fourth-order valence-corrected chi connectivity index (χ4v) is 1.94. The number of anilines is 1. The van der Waals surface area contributed by atoms with Gasteiger partial charge in [0, 0.05) is 12.2 Å². The first kappa shape index (κ1) is 10.3. The normalized spacial score (nSPS) is 20.3. The van der Waals surface area contributed by atoms with Crippen LogP contribution in [-0.4, -0.2) is 19.7 Å². The average molecular weight is 205 g/mol. The van der Waals surface area contributed by atoms with Gasteiger partial charge >= 0.3 is 0 Å². The van der Waals surface area contributed by atoms with E-state index in [-0.39, 0.29) is 0 Å². The second-order valence-electron chi connectivity index (χ2n) is 5.23. The van der Waals surface area contributed by atoms with Gasteiger partial charge in [0.25, 0.3) is 0 Å². The van der Waals surface area contributed by atoms with E-state index < -0.39 is 0 Å². The van der Waals surface area contributed by atoms with Gasteiger partial charge in [0.1, 0.15) is 5.75 Å². The number of benzene rings is 1. The Morgan fingerprint density at radius 3 is 2.20 bits per heavy atom. The van der Waals surface area contributed by atoms with Crippen LogP contribution in [0.3, 0.4) is 0 Å². The van der Waals surface area contributed by atoms with Crippen molar-refractivity contribution < 1.29 is 4.74 Å². The highest BCUT2D eigenvalue weighted by Crippen LogP contribution is 2.39. The van der Waals surface area contributed by atoms with E-state index in [2.05, 4.69) is 37.8 Å². The lowest BCUT2D eigenvalue weighted by atomic mass is 9.92. The van der Waals surface area contributed by atoms with Gasteiger partial charge < -0.3 is 9.64 Å². The minimum absolute atomic E-state index is 0.375. The van der Waals surface area contributed by atoms with E-state index in [1.165, 1.54) is 12.2 Å². The molecular weight excluding hydrogens is 186 g/mol. The molecule has 82 valence electrons. The first-order valence-corrected chi connectivity index (χ1v) is 5.43. The monoisotopic (exact) mass is 205 g/mol. The van der Waals surface area contributed by atoms with E-state index in [0.29, 0.717) is 11.5 Å². The minimum Gasteiger partial charge on any atom is -0.497 e. The van der Waals surface area contributed by atoms with E-state index in [1.54, 1.807) is 7.11 Å². The zero-order valence-corrected chi connectivity index (χ0v) is 9.95. The zero-order valence-electron chi connectivity index (χ0n) is 9.95. The van der Waals surface area contributed by atoms with Crippen molar-refractivity contribution in [3.63, 3.8) is 0 Å². The highest BCUT2D eigenvalue weighted by molar-refractivity contribution is 5.56. The largest absolute Gasteiger partial charge is 0.497 e. The SMILES string of the molecule is COc1ccc(N2C[C@H]2C(C)(C)C)cc1. The molecule has 1 aliphatic heterocycles. The summed E-state index contributed by atoms with van der Waals surface area (Å²) < 4.78 is 5.14. The summed E-state index contributed by atoms with van der Waals surface area (Å²) >= 11 is 0. The molecule has 2 heteroatoms. The second kappa shape index (κ2) is 3.44. The third kappa shape index (κ3) is 2.09. The van der Waals surface area contributed by atoms with Crippen LogP contribution in [0.25, 0.3) is 0 Å². The van der Waals surface area contributed by atoms with Gasteiger partial charge in [0.2, 0.25) is 0 Å². The maximum atomic E-state index is 5.14. The van der Waals surface area contributed by atoms with E-state index in [4.69, 9.17) is 4.74 Å². The maximum absolute atomic E-state index is 5.14. The molecule has 1 atom stereocenters. The molecule has 0 spiro atoms. The third-order valence-electron chi connectivity index (χ3n) is 3.02. The topological polar surface area (TPSA) is 12.2 Å². The maximum Gasteiger partial charge on any atom is 0.119 e. The molecule has 0 bridgehead atoms. The van der Waals surface area contributed by atoms with E-state index in [1.807, 2.05) is 12.1 Å². The van der Waals surface area contributed by atoms with Gasteiger partial charge in [-0.3, -0.25) is 0 Å². The Hall–Kier alpha value is -1.18. The van der Waals surface area contributed by atoms with Gasteiger partial charge in [-0.15, -0.1) is 0 Å². The summed E-state index contributed by atoms with van der Waals surface area (Å²) in [6, 6.07) is 8.99. The van der Waals surface area contributed by atoms with Gasteiger partial charge in [0.05, 0.1) is 13.2 Å². The van der Waals surface area contributed by atoms with Crippen molar-refractivity contribution >= 4 is 5.69 Å². The fourth-order valence-electron chi connectivity index (χ4n) is 1.94. The van der Waals surface area contributed by atoms with Crippen LogP contribution >= 0.6 is 0 Å². The van der Waals surface area contributed by atoms with Crippen molar-refractivity contribution in [1.82, 2.24) is 0 Å². The zero-order chi connectivity index (χ0) is 11.1. The Bertz CT molecular complexity index is 337. The lowest BCUT2D eigenvalue weighted by Gasteiger charge is -2.18. The van der Waals surface area contributed by atoms with Crippen LogP contribution in [0.5, 0.6) is 5.75 Å². The van der Waals surface area contributed by atoms with Crippen LogP contribution in [0, 0.1) is 5.41 Å². The van der Waals surface area contributed by atoms with Gasteiger partial charge in [-0.05, 0) is 29.7 Å². The summed E-state index contributed by atoms with van der Waals surface area (Å²) in [4.78, 5) is 2.43. The van der Waals surface area contributed by atoms with Crippen LogP contribution in [-0.2, 0) is 0 Å². The predicted octanol–water partition coefficient (Wildman–Crippen LogP) is 2.93. The van der Waals surface area contributed by atoms with Crippen LogP contribution in [0.2, 0.25) is 0 Å². The summed E-state index contributed by atoms with van der Waals surface area (Å²) in [7, 11) is 1.70. The second-order valence-corrected chi connectivity index (χ2v) is 5.23. The Labute approximate surface area is 91.9 Å². The number of hydrogen-bond donors (Lipinski definition) is 0. The highest BCUT2D eigenvalue weighted by atomic mass is 16.5. The minimum atomic E-state index is 0.375. The standard InChI is InChI=1S/C13H19NO/c1-13(2,3)12-9-14(12)10-5-7-11(15-4)8-6-10/h5-8,12H,9H2,1-4H3/t12-,14?/m0/s1. The first-order chi connectivity index (χ1) is 7.02. The van der Waals surface area contributed by atoms with Crippen molar-refractivity contribution in [3.8, 4) is 5.75 Å². The molecule has 2 rings (SSSR count). The predicted molar refractivity (Wildman–Crippen MR) is 63.6 cm³/mol. The molecule has 15 heavy (non-hydrogen) atoms. The molecule has 0 amide bonds. The Balaban J connectivity index is 2.07. The number of ether oxygens (including phenoxy) is 1. The van der Waals surface area contributed by atoms with E-state index >= 15 is 0 Å². The van der Waals surface area contributed by atoms with Crippen molar-refractivity contribution in [3.05, 3.63) is 24.3 Å². The summed E-state index contributed by atoms with van der Waals surface area (Å²) in [6.45, 7) is 8.05. The number of rotatable bonds is 2. The molecule has 1 aromatic rings. The molecular formula is C13H19NO. The van der Waals surface area contributed by atoms with Crippen LogP contribution < -0.4 is 9.64 Å². The van der Waals surface area contributed by atoms with Crippen molar-refractivity contribution in [2.45, 2.75) is 26.8 Å². The Kier molecular flexibility index (Phi) is 2.37. The third-order valence-corrected chi connectivity index (χ3v) is 3.02. The fraction of sp³-hybridized carbons (Fsp3) is 0.538. The molecule has 1 saturated heterocycles. The summed E-state index contributed by atoms with van der Waals surface area (Å²) in [6.07, 6.45) is 0. The lowest BCUT2D eigenvalue weighted by Crippen LogP contribution is -2.18. The van der Waals surface area contributed by atoms with Gasteiger partial charge in [-0.2, -0.15) is 0 Å². The Morgan fingerprint density at radius 1 is 1.20 bits per heavy atom. The number of methoxy groups -OCH3 is 1. The van der Waals surface area contributed by atoms with Crippen molar-refractivity contribution in [2.24, 2.45) is 5.41 Å². The molecule has 1 heterocycles. The molecule has 0 aliphatic carbocycles. The Morgan fingerprint density at radius 2 is 1.80 bits per heavy atom. The lowest BCUT2D eigenvalue weighted by molar-refractivity contribution is 0.411. The number of nitrogens with zero attached hydrogens (tertiary/aromatic N) is 1. The molecule has 0 aromatic heterocycles. The van der Waals surface area contributed by atoms with E-state index in [9.17, 15) is 0 Å². The molecule has 1 fully saturated rings. The molecule has 2 nitrogen and oxygen atoms in total. The molecule has 1 aromatic carbocycles. The summed E-state index contributed by atoms with van der Waals surface area (Å²) in [5.74, 6) is 0.924. The molecule has 0 saturated carbocycles. The molecule has 0 N–H and O–H groups in total. The quantitative estimate of drug-likeness (QED) is 0.688. The summed E-state index contributed by atoms with van der Waals surface area (Å²) in [5, 5.41) is 0. The van der Waals surface area contributed by atoms with Crippen LogP contribution in [0.15, 0.2) is 24.3 Å². The van der Waals surface area contributed by atoms with Crippen LogP contribution in [0.1, 0.15) is 20.8 Å². The first-order valence-electron chi connectivity index (χ1n) is 5.43. The van der Waals surface area contributed by atoms with Crippen LogP contribution in [0.4, 0.5) is 5.69 Å². The van der Waals surface area contributed by atoms with Crippen molar-refractivity contribution in [1.29, 1.82) is 0 Å². The van der Waals surface area contributed by atoms with Crippen molar-refractivity contribution in [2.75, 3.05) is 18.6 Å². The van der Waals surface area contributed by atoms with E-state index in [0.717, 1.165) is 5.75 Å². The smallest absolute Gasteiger partial charge is 0.119 e. The molecule has 1 aliphatic rings.